The molecule has 0 bridgehead atoms. The second-order valence-corrected chi connectivity index (χ2v) is 7.48. The molecule has 1 amide bonds. The first-order valence-electron chi connectivity index (χ1n) is 10.0. The van der Waals surface area contributed by atoms with Gasteiger partial charge in [-0.3, -0.25) is 9.59 Å². The Bertz CT molecular complexity index is 1050. The molecule has 0 aliphatic rings. The molecule has 0 fully saturated rings. The average Bonchev–Trinajstić information content (AvgIpc) is 3.36. The van der Waals surface area contributed by atoms with E-state index >= 15 is 0 Å². The Hall–Kier alpha value is -3.65. The fourth-order valence-corrected chi connectivity index (χ4v) is 3.50. The minimum absolute atomic E-state index is 0.123. The third kappa shape index (κ3) is 6.42. The molecule has 32 heavy (non-hydrogen) atoms. The number of carbonyl (C=O) groups is 3. The second-order valence-electron chi connectivity index (χ2n) is 6.53. The van der Waals surface area contributed by atoms with Gasteiger partial charge in [-0.25, -0.2) is 4.79 Å². The lowest BCUT2D eigenvalue weighted by Crippen LogP contribution is -2.32. The molecule has 0 saturated carbocycles. The molecule has 1 heterocycles. The molecule has 7 nitrogen and oxygen atoms in total. The van der Waals surface area contributed by atoms with Crippen molar-refractivity contribution in [1.82, 2.24) is 5.32 Å². The summed E-state index contributed by atoms with van der Waals surface area (Å²) in [4.78, 5) is 37.6. The Labute approximate surface area is 189 Å². The van der Waals surface area contributed by atoms with Crippen molar-refractivity contribution in [1.29, 1.82) is 0 Å². The zero-order valence-electron chi connectivity index (χ0n) is 17.5. The Morgan fingerprint density at radius 2 is 1.56 bits per heavy atom. The number of carbonyl (C=O) groups excluding carboxylic acids is 3. The van der Waals surface area contributed by atoms with Crippen molar-refractivity contribution in [2.24, 2.45) is 0 Å². The second kappa shape index (κ2) is 11.7. The monoisotopic (exact) mass is 453 g/mol. The van der Waals surface area contributed by atoms with Gasteiger partial charge < -0.3 is 19.5 Å². The number of hydrogen-bond acceptors (Lipinski definition) is 7. The average molecular weight is 454 g/mol. The lowest BCUT2D eigenvalue weighted by atomic mass is 10.0. The maximum Gasteiger partial charge on any atom is 0.339 e. The summed E-state index contributed by atoms with van der Waals surface area (Å²) >= 11 is 1.29. The standard InChI is InChI=1S/C24H23NO6S/c1-2-29-17-9-11-18(12-10-17)30-14-13-25-22(26)16-31-24(28)20-7-4-3-6-19(20)23(27)21-8-5-15-32-21/h3-12,15H,2,13-14,16H2,1H3,(H,25,26). The number of hydrogen-bond donors (Lipinski definition) is 1. The Kier molecular flexibility index (Phi) is 8.39. The van der Waals surface area contributed by atoms with Crippen LogP contribution in [0, 0.1) is 0 Å². The first kappa shape index (κ1) is 23.0. The third-order valence-electron chi connectivity index (χ3n) is 4.30. The van der Waals surface area contributed by atoms with Crippen molar-refractivity contribution in [2.45, 2.75) is 6.92 Å². The first-order chi connectivity index (χ1) is 15.6. The van der Waals surface area contributed by atoms with Crippen LogP contribution in [0.4, 0.5) is 0 Å². The quantitative estimate of drug-likeness (QED) is 0.270. The molecule has 3 aromatic rings. The molecular formula is C24H23NO6S. The van der Waals surface area contributed by atoms with E-state index in [1.54, 1.807) is 60.0 Å². The topological polar surface area (TPSA) is 90.9 Å². The predicted octanol–water partition coefficient (Wildman–Crippen LogP) is 3.73. The van der Waals surface area contributed by atoms with Crippen molar-refractivity contribution in [3.05, 3.63) is 82.0 Å². The zero-order chi connectivity index (χ0) is 22.8. The smallest absolute Gasteiger partial charge is 0.339 e. The van der Waals surface area contributed by atoms with E-state index in [1.807, 2.05) is 6.92 Å². The molecule has 166 valence electrons. The summed E-state index contributed by atoms with van der Waals surface area (Å²) in [5, 5.41) is 4.41. The third-order valence-corrected chi connectivity index (χ3v) is 5.17. The normalized spacial score (nSPS) is 10.3. The van der Waals surface area contributed by atoms with Gasteiger partial charge in [0.25, 0.3) is 5.91 Å². The summed E-state index contributed by atoms with van der Waals surface area (Å²) < 4.78 is 16.0. The number of rotatable bonds is 11. The van der Waals surface area contributed by atoms with Crippen LogP contribution in [-0.4, -0.2) is 44.0 Å². The number of nitrogens with one attached hydrogen (secondary N) is 1. The van der Waals surface area contributed by atoms with E-state index in [4.69, 9.17) is 14.2 Å². The van der Waals surface area contributed by atoms with Crippen LogP contribution < -0.4 is 14.8 Å². The highest BCUT2D eigenvalue weighted by atomic mass is 32.1. The summed E-state index contributed by atoms with van der Waals surface area (Å²) in [6, 6.07) is 17.0. The molecule has 0 spiro atoms. The van der Waals surface area contributed by atoms with Crippen LogP contribution in [0.1, 0.15) is 32.5 Å². The maximum atomic E-state index is 12.6. The lowest BCUT2D eigenvalue weighted by molar-refractivity contribution is -0.124. The Morgan fingerprint density at radius 1 is 0.875 bits per heavy atom. The molecule has 0 aliphatic carbocycles. The minimum Gasteiger partial charge on any atom is -0.494 e. The first-order valence-corrected chi connectivity index (χ1v) is 10.9. The molecule has 3 rings (SSSR count). The highest BCUT2D eigenvalue weighted by Gasteiger charge is 2.20. The van der Waals surface area contributed by atoms with Gasteiger partial charge in [0, 0.05) is 5.56 Å². The maximum absolute atomic E-state index is 12.6. The van der Waals surface area contributed by atoms with E-state index in [2.05, 4.69) is 5.32 Å². The van der Waals surface area contributed by atoms with Crippen molar-refractivity contribution in [3.63, 3.8) is 0 Å². The van der Waals surface area contributed by atoms with E-state index in [-0.39, 0.29) is 30.1 Å². The largest absolute Gasteiger partial charge is 0.494 e. The molecule has 1 N–H and O–H groups in total. The van der Waals surface area contributed by atoms with Crippen molar-refractivity contribution >= 4 is 29.0 Å². The van der Waals surface area contributed by atoms with Crippen LogP contribution in [0.15, 0.2) is 66.0 Å². The Balaban J connectivity index is 1.43. The van der Waals surface area contributed by atoms with Crippen LogP contribution in [0.2, 0.25) is 0 Å². The molecular weight excluding hydrogens is 430 g/mol. The number of esters is 1. The highest BCUT2D eigenvalue weighted by molar-refractivity contribution is 7.12. The number of amides is 1. The highest BCUT2D eigenvalue weighted by Crippen LogP contribution is 2.19. The SMILES string of the molecule is CCOc1ccc(OCCNC(=O)COC(=O)c2ccccc2C(=O)c2cccs2)cc1. The van der Waals surface area contributed by atoms with Crippen molar-refractivity contribution in [3.8, 4) is 11.5 Å². The van der Waals surface area contributed by atoms with Crippen LogP contribution >= 0.6 is 11.3 Å². The van der Waals surface area contributed by atoms with Crippen LogP contribution in [0.5, 0.6) is 11.5 Å². The zero-order valence-corrected chi connectivity index (χ0v) is 18.4. The number of benzene rings is 2. The van der Waals surface area contributed by atoms with Gasteiger partial charge in [-0.15, -0.1) is 11.3 Å². The fourth-order valence-electron chi connectivity index (χ4n) is 2.82. The van der Waals surface area contributed by atoms with Gasteiger partial charge in [-0.1, -0.05) is 24.3 Å². The molecule has 0 radical (unpaired) electrons. The van der Waals surface area contributed by atoms with E-state index < -0.39 is 18.5 Å². The molecule has 2 aromatic carbocycles. The molecule has 8 heteroatoms. The van der Waals surface area contributed by atoms with Crippen molar-refractivity contribution < 1.29 is 28.6 Å². The molecule has 0 aliphatic heterocycles. The van der Waals surface area contributed by atoms with Gasteiger partial charge in [0.15, 0.2) is 6.61 Å². The summed E-state index contributed by atoms with van der Waals surface area (Å²) in [5.41, 5.74) is 0.363. The molecule has 0 saturated heterocycles. The van der Waals surface area contributed by atoms with Crippen LogP contribution in [0.3, 0.4) is 0 Å². The van der Waals surface area contributed by atoms with E-state index in [1.165, 1.54) is 17.4 Å². The van der Waals surface area contributed by atoms with Crippen LogP contribution in [0.25, 0.3) is 0 Å². The summed E-state index contributed by atoms with van der Waals surface area (Å²) in [5.74, 6) is -0.0415. The summed E-state index contributed by atoms with van der Waals surface area (Å²) in [7, 11) is 0. The van der Waals surface area contributed by atoms with Gasteiger partial charge in [0.05, 0.1) is 23.6 Å². The van der Waals surface area contributed by atoms with E-state index in [9.17, 15) is 14.4 Å². The molecule has 1 aromatic heterocycles. The lowest BCUT2D eigenvalue weighted by Gasteiger charge is -2.10. The Morgan fingerprint density at radius 3 is 2.22 bits per heavy atom. The predicted molar refractivity (Wildman–Crippen MR) is 121 cm³/mol. The number of ketones is 1. The van der Waals surface area contributed by atoms with E-state index in [0.29, 0.717) is 17.2 Å². The van der Waals surface area contributed by atoms with Gasteiger partial charge in [0.2, 0.25) is 5.78 Å². The minimum atomic E-state index is -0.730. The van der Waals surface area contributed by atoms with Crippen LogP contribution in [-0.2, 0) is 9.53 Å². The number of ether oxygens (including phenoxy) is 3. The molecule has 0 atom stereocenters. The van der Waals surface area contributed by atoms with E-state index in [0.717, 1.165) is 5.75 Å². The van der Waals surface area contributed by atoms with Gasteiger partial charge >= 0.3 is 5.97 Å². The summed E-state index contributed by atoms with van der Waals surface area (Å²) in [6.45, 7) is 2.55. The van der Waals surface area contributed by atoms with Crippen molar-refractivity contribution in [2.75, 3.05) is 26.4 Å². The van der Waals surface area contributed by atoms with Gasteiger partial charge in [-0.2, -0.15) is 0 Å². The fraction of sp³-hybridized carbons (Fsp3) is 0.208. The summed E-state index contributed by atoms with van der Waals surface area (Å²) in [6.07, 6.45) is 0. The van der Waals surface area contributed by atoms with Gasteiger partial charge in [-0.05, 0) is 48.7 Å². The van der Waals surface area contributed by atoms with Gasteiger partial charge in [0.1, 0.15) is 18.1 Å². The molecule has 0 unspecified atom stereocenters. The number of thiophene rings is 1.